The summed E-state index contributed by atoms with van der Waals surface area (Å²) in [6.45, 7) is 8.92. The molecule has 0 saturated heterocycles. The fourth-order valence-corrected chi connectivity index (χ4v) is 2.48. The highest BCUT2D eigenvalue weighted by Gasteiger charge is 2.19. The van der Waals surface area contributed by atoms with Gasteiger partial charge in [-0.2, -0.15) is 0 Å². The molecular weight excluding hydrogens is 391 g/mol. The van der Waals surface area contributed by atoms with Crippen LogP contribution in [0, 0.1) is 6.92 Å². The van der Waals surface area contributed by atoms with Crippen LogP contribution in [0.1, 0.15) is 58.1 Å². The minimum absolute atomic E-state index is 0. The van der Waals surface area contributed by atoms with Crippen LogP contribution in [0.5, 0.6) is 0 Å². The molecule has 22 heavy (non-hydrogen) atoms. The molecular formula is C15H29IN6. The van der Waals surface area contributed by atoms with Crippen molar-refractivity contribution in [2.45, 2.75) is 71.5 Å². The summed E-state index contributed by atoms with van der Waals surface area (Å²) in [5.74, 6) is 2.67. The Bertz CT molecular complexity index is 497. The largest absolute Gasteiger partial charge is 0.354 e. The molecule has 0 spiro atoms. The molecule has 0 unspecified atom stereocenters. The van der Waals surface area contributed by atoms with E-state index in [1.165, 1.54) is 25.7 Å². The molecule has 0 atom stereocenters. The van der Waals surface area contributed by atoms with Crippen LogP contribution in [0.3, 0.4) is 0 Å². The number of hydrogen-bond acceptors (Lipinski definition) is 3. The normalized spacial score (nSPS) is 16.5. The molecule has 1 heterocycles. The van der Waals surface area contributed by atoms with Gasteiger partial charge in [-0.15, -0.1) is 34.2 Å². The van der Waals surface area contributed by atoms with Gasteiger partial charge in [-0.25, -0.2) is 4.99 Å². The summed E-state index contributed by atoms with van der Waals surface area (Å²) >= 11 is 0. The smallest absolute Gasteiger partial charge is 0.192 e. The van der Waals surface area contributed by atoms with E-state index in [0.29, 0.717) is 12.6 Å². The monoisotopic (exact) mass is 420 g/mol. The lowest BCUT2D eigenvalue weighted by atomic mass is 10.1. The quantitative estimate of drug-likeness (QED) is 0.448. The number of aryl methyl sites for hydroxylation is 1. The topological polar surface area (TPSA) is 67.1 Å². The molecule has 1 aliphatic carbocycles. The van der Waals surface area contributed by atoms with Crippen molar-refractivity contribution in [3.05, 3.63) is 11.6 Å². The molecule has 0 bridgehead atoms. The molecule has 0 aliphatic heterocycles. The maximum atomic E-state index is 4.69. The Kier molecular flexibility index (Phi) is 7.08. The van der Waals surface area contributed by atoms with Crippen LogP contribution in [-0.4, -0.2) is 32.3 Å². The molecule has 2 rings (SSSR count). The van der Waals surface area contributed by atoms with Crippen molar-refractivity contribution >= 4 is 29.9 Å². The third kappa shape index (κ3) is 5.73. The number of rotatable bonds is 3. The molecule has 1 aromatic rings. The summed E-state index contributed by atoms with van der Waals surface area (Å²) in [5.41, 5.74) is -0.0136. The summed E-state index contributed by atoms with van der Waals surface area (Å²) in [7, 11) is 1.97. The third-order valence-corrected chi connectivity index (χ3v) is 3.75. The van der Waals surface area contributed by atoms with Crippen molar-refractivity contribution in [1.82, 2.24) is 25.4 Å². The first-order valence-corrected chi connectivity index (χ1v) is 7.79. The number of hydrogen-bond donors (Lipinski definition) is 2. The lowest BCUT2D eigenvalue weighted by molar-refractivity contribution is 0.489. The van der Waals surface area contributed by atoms with Gasteiger partial charge in [0, 0.05) is 18.6 Å². The predicted octanol–water partition coefficient (Wildman–Crippen LogP) is 2.52. The molecule has 1 fully saturated rings. The van der Waals surface area contributed by atoms with Gasteiger partial charge in [0.1, 0.15) is 12.4 Å². The van der Waals surface area contributed by atoms with Gasteiger partial charge in [0.05, 0.1) is 0 Å². The van der Waals surface area contributed by atoms with Crippen LogP contribution >= 0.6 is 24.0 Å². The molecule has 0 aromatic carbocycles. The van der Waals surface area contributed by atoms with E-state index in [2.05, 4.69) is 46.6 Å². The van der Waals surface area contributed by atoms with Crippen LogP contribution in [0.25, 0.3) is 0 Å². The molecule has 0 radical (unpaired) electrons. The zero-order chi connectivity index (χ0) is 15.5. The Balaban J connectivity index is 0.00000242. The number of halogens is 1. The van der Waals surface area contributed by atoms with Crippen LogP contribution in [0.4, 0.5) is 0 Å². The lowest BCUT2D eigenvalue weighted by Crippen LogP contribution is -2.50. The Morgan fingerprint density at radius 3 is 2.41 bits per heavy atom. The van der Waals surface area contributed by atoms with Crippen LogP contribution in [-0.2, 0) is 13.6 Å². The van der Waals surface area contributed by atoms with Gasteiger partial charge in [0.15, 0.2) is 11.8 Å². The first-order chi connectivity index (χ1) is 9.85. The van der Waals surface area contributed by atoms with E-state index in [1.807, 2.05) is 18.5 Å². The second-order valence-corrected chi connectivity index (χ2v) is 6.89. The molecule has 0 amide bonds. The van der Waals surface area contributed by atoms with Gasteiger partial charge in [0.2, 0.25) is 0 Å². The van der Waals surface area contributed by atoms with Gasteiger partial charge in [0.25, 0.3) is 0 Å². The maximum absolute atomic E-state index is 4.69. The molecule has 1 saturated carbocycles. The number of nitrogens with zero attached hydrogens (tertiary/aromatic N) is 4. The van der Waals surface area contributed by atoms with Crippen molar-refractivity contribution in [2.75, 3.05) is 0 Å². The number of nitrogens with one attached hydrogen (secondary N) is 2. The zero-order valence-corrected chi connectivity index (χ0v) is 16.6. The number of guanidine groups is 1. The SMILES string of the molecule is Cc1nnc(CN=C(NC2CCCC2)NC(C)(C)C)n1C.I. The minimum Gasteiger partial charge on any atom is -0.354 e. The first kappa shape index (κ1) is 19.2. The summed E-state index contributed by atoms with van der Waals surface area (Å²) in [5, 5.41) is 15.3. The van der Waals surface area contributed by atoms with Crippen LogP contribution in [0.15, 0.2) is 4.99 Å². The molecule has 126 valence electrons. The average molecular weight is 420 g/mol. The van der Waals surface area contributed by atoms with E-state index in [0.717, 1.165) is 17.6 Å². The summed E-state index contributed by atoms with van der Waals surface area (Å²) < 4.78 is 1.98. The number of aliphatic imine (C=N–C) groups is 1. The van der Waals surface area contributed by atoms with Crippen molar-refractivity contribution in [3.63, 3.8) is 0 Å². The van der Waals surface area contributed by atoms with E-state index >= 15 is 0 Å². The Morgan fingerprint density at radius 1 is 1.27 bits per heavy atom. The third-order valence-electron chi connectivity index (χ3n) is 3.75. The van der Waals surface area contributed by atoms with Gasteiger partial charge in [-0.3, -0.25) is 0 Å². The van der Waals surface area contributed by atoms with Gasteiger partial charge in [-0.1, -0.05) is 12.8 Å². The van der Waals surface area contributed by atoms with Crippen molar-refractivity contribution in [1.29, 1.82) is 0 Å². The second-order valence-electron chi connectivity index (χ2n) is 6.89. The van der Waals surface area contributed by atoms with Crippen molar-refractivity contribution in [3.8, 4) is 0 Å². The molecule has 1 aliphatic rings. The van der Waals surface area contributed by atoms with E-state index in [1.54, 1.807) is 0 Å². The molecule has 7 heteroatoms. The Labute approximate surface area is 150 Å². The summed E-state index contributed by atoms with van der Waals surface area (Å²) in [6.07, 6.45) is 5.08. The standard InChI is InChI=1S/C15H28N6.HI/c1-11-19-20-13(21(11)5)10-16-14(18-15(2,3)4)17-12-8-6-7-9-12;/h12H,6-10H2,1-5H3,(H2,16,17,18);1H. The molecule has 1 aromatic heterocycles. The summed E-state index contributed by atoms with van der Waals surface area (Å²) in [6, 6.07) is 0.542. The highest BCUT2D eigenvalue weighted by atomic mass is 127. The zero-order valence-electron chi connectivity index (χ0n) is 14.3. The highest BCUT2D eigenvalue weighted by molar-refractivity contribution is 14.0. The fraction of sp³-hybridized carbons (Fsp3) is 0.800. The van der Waals surface area contributed by atoms with Gasteiger partial charge in [-0.05, 0) is 40.5 Å². The van der Waals surface area contributed by atoms with E-state index < -0.39 is 0 Å². The highest BCUT2D eigenvalue weighted by Crippen LogP contribution is 2.17. The predicted molar refractivity (Wildman–Crippen MR) is 101 cm³/mol. The van der Waals surface area contributed by atoms with Crippen LogP contribution < -0.4 is 10.6 Å². The van der Waals surface area contributed by atoms with Gasteiger partial charge < -0.3 is 15.2 Å². The first-order valence-electron chi connectivity index (χ1n) is 7.79. The number of aromatic nitrogens is 3. The van der Waals surface area contributed by atoms with Crippen molar-refractivity contribution < 1.29 is 0 Å². The fourth-order valence-electron chi connectivity index (χ4n) is 2.48. The lowest BCUT2D eigenvalue weighted by Gasteiger charge is -2.26. The van der Waals surface area contributed by atoms with Crippen molar-refractivity contribution in [2.24, 2.45) is 12.0 Å². The van der Waals surface area contributed by atoms with E-state index in [4.69, 9.17) is 0 Å². The van der Waals surface area contributed by atoms with E-state index in [9.17, 15) is 0 Å². The molecule has 2 N–H and O–H groups in total. The maximum Gasteiger partial charge on any atom is 0.192 e. The van der Waals surface area contributed by atoms with Gasteiger partial charge >= 0.3 is 0 Å². The minimum atomic E-state index is -0.0136. The molecule has 6 nitrogen and oxygen atoms in total. The Hall–Kier alpha value is -0.860. The Morgan fingerprint density at radius 2 is 1.91 bits per heavy atom. The average Bonchev–Trinajstić information content (AvgIpc) is 2.98. The summed E-state index contributed by atoms with van der Waals surface area (Å²) in [4.78, 5) is 4.69. The second kappa shape index (κ2) is 8.12. The van der Waals surface area contributed by atoms with Crippen LogP contribution in [0.2, 0.25) is 0 Å². The van der Waals surface area contributed by atoms with E-state index in [-0.39, 0.29) is 29.5 Å².